The SMILES string of the molecule is CC(C)(N)CNC(=O)Cc1csc(NC(=O)C(C)(C)C)n1.Cl.Cl. The summed E-state index contributed by atoms with van der Waals surface area (Å²) in [4.78, 5) is 27.8. The minimum Gasteiger partial charge on any atom is -0.354 e. The molecule has 0 aliphatic rings. The van der Waals surface area contributed by atoms with Crippen LogP contribution in [0.2, 0.25) is 0 Å². The van der Waals surface area contributed by atoms with Gasteiger partial charge < -0.3 is 16.4 Å². The second-order valence-corrected chi connectivity index (χ2v) is 7.65. The molecule has 1 aromatic heterocycles. The van der Waals surface area contributed by atoms with Crippen LogP contribution in [0.1, 0.15) is 40.3 Å². The first-order chi connectivity index (χ1) is 9.47. The fraction of sp³-hybridized carbons (Fsp3) is 0.643. The van der Waals surface area contributed by atoms with Crippen molar-refractivity contribution < 1.29 is 9.59 Å². The van der Waals surface area contributed by atoms with Crippen molar-refractivity contribution >= 4 is 53.1 Å². The lowest BCUT2D eigenvalue weighted by Crippen LogP contribution is -2.45. The zero-order chi connectivity index (χ0) is 16.3. The minimum absolute atomic E-state index is 0. The Kier molecular flexibility index (Phi) is 9.97. The summed E-state index contributed by atoms with van der Waals surface area (Å²) in [7, 11) is 0. The van der Waals surface area contributed by atoms with Crippen molar-refractivity contribution in [3.05, 3.63) is 11.1 Å². The number of hydrogen-bond acceptors (Lipinski definition) is 5. The van der Waals surface area contributed by atoms with Crippen LogP contribution < -0.4 is 16.4 Å². The number of aromatic nitrogens is 1. The van der Waals surface area contributed by atoms with Gasteiger partial charge in [0.05, 0.1) is 12.1 Å². The van der Waals surface area contributed by atoms with Gasteiger partial charge in [-0.1, -0.05) is 20.8 Å². The van der Waals surface area contributed by atoms with Gasteiger partial charge in [-0.2, -0.15) is 0 Å². The Bertz CT molecular complexity index is 522. The number of carbonyl (C=O) groups excluding carboxylic acids is 2. The molecule has 9 heteroatoms. The smallest absolute Gasteiger partial charge is 0.231 e. The predicted octanol–water partition coefficient (Wildman–Crippen LogP) is 2.37. The lowest BCUT2D eigenvalue weighted by molar-refractivity contribution is -0.123. The molecule has 0 saturated carbocycles. The maximum atomic E-state index is 11.8. The number of carbonyl (C=O) groups is 2. The Labute approximate surface area is 153 Å². The van der Waals surface area contributed by atoms with E-state index >= 15 is 0 Å². The van der Waals surface area contributed by atoms with Crippen LogP contribution in [0, 0.1) is 5.41 Å². The quantitative estimate of drug-likeness (QED) is 0.725. The fourth-order valence-corrected chi connectivity index (χ4v) is 1.99. The Morgan fingerprint density at radius 2 is 1.78 bits per heavy atom. The first kappa shape index (κ1) is 24.4. The fourth-order valence-electron chi connectivity index (χ4n) is 1.28. The summed E-state index contributed by atoms with van der Waals surface area (Å²) >= 11 is 1.31. The first-order valence-electron chi connectivity index (χ1n) is 6.79. The standard InChI is InChI=1S/C14H24N4O2S.2ClH/c1-13(2,3)11(20)18-12-17-9(7-21-12)6-10(19)16-8-14(4,5)15;;/h7H,6,8,15H2,1-5H3,(H,16,19)(H,17,18,20);2*1H. The molecule has 0 unspecified atom stereocenters. The number of amides is 2. The van der Waals surface area contributed by atoms with Crippen molar-refractivity contribution in [2.75, 3.05) is 11.9 Å². The number of nitrogens with two attached hydrogens (primary N) is 1. The summed E-state index contributed by atoms with van der Waals surface area (Å²) in [5.74, 6) is -0.231. The molecule has 23 heavy (non-hydrogen) atoms. The van der Waals surface area contributed by atoms with Crippen LogP contribution in [0.25, 0.3) is 0 Å². The maximum absolute atomic E-state index is 11.8. The van der Waals surface area contributed by atoms with Crippen molar-refractivity contribution in [2.24, 2.45) is 11.1 Å². The second-order valence-electron chi connectivity index (χ2n) is 6.79. The number of nitrogens with zero attached hydrogens (tertiary/aromatic N) is 1. The van der Waals surface area contributed by atoms with Gasteiger partial charge in [-0.15, -0.1) is 36.2 Å². The van der Waals surface area contributed by atoms with Crippen LogP contribution in [0.4, 0.5) is 5.13 Å². The Morgan fingerprint density at radius 1 is 1.22 bits per heavy atom. The number of anilines is 1. The van der Waals surface area contributed by atoms with Gasteiger partial charge in [0.2, 0.25) is 11.8 Å². The molecule has 0 fully saturated rings. The number of thiazole rings is 1. The third-order valence-electron chi connectivity index (χ3n) is 2.54. The van der Waals surface area contributed by atoms with Gasteiger partial charge in [-0.05, 0) is 13.8 Å². The van der Waals surface area contributed by atoms with Crippen LogP contribution in [-0.4, -0.2) is 28.9 Å². The molecule has 0 aliphatic heterocycles. The molecule has 134 valence electrons. The zero-order valence-corrected chi connectivity index (χ0v) is 16.5. The molecular formula is C14H26Cl2N4O2S. The topological polar surface area (TPSA) is 97.1 Å². The molecule has 0 aliphatic carbocycles. The van der Waals surface area contributed by atoms with E-state index in [9.17, 15) is 9.59 Å². The molecule has 2 amide bonds. The average Bonchev–Trinajstić information content (AvgIpc) is 2.71. The lowest BCUT2D eigenvalue weighted by atomic mass is 9.96. The molecule has 0 aromatic carbocycles. The van der Waals surface area contributed by atoms with Gasteiger partial charge in [-0.25, -0.2) is 4.98 Å². The van der Waals surface area contributed by atoms with E-state index in [4.69, 9.17) is 5.73 Å². The number of rotatable bonds is 5. The van der Waals surface area contributed by atoms with E-state index in [1.165, 1.54) is 11.3 Å². The molecule has 0 spiro atoms. The molecule has 4 N–H and O–H groups in total. The summed E-state index contributed by atoms with van der Waals surface area (Å²) in [5.41, 5.74) is 5.52. The predicted molar refractivity (Wildman–Crippen MR) is 99.7 cm³/mol. The second kappa shape index (κ2) is 9.42. The summed E-state index contributed by atoms with van der Waals surface area (Å²) in [6, 6.07) is 0. The van der Waals surface area contributed by atoms with Gasteiger partial charge >= 0.3 is 0 Å². The minimum atomic E-state index is -0.476. The summed E-state index contributed by atoms with van der Waals surface area (Å²) in [5, 5.41) is 7.79. The molecule has 0 bridgehead atoms. The first-order valence-corrected chi connectivity index (χ1v) is 7.67. The molecule has 6 nitrogen and oxygen atoms in total. The lowest BCUT2D eigenvalue weighted by Gasteiger charge is -2.18. The van der Waals surface area contributed by atoms with Gasteiger partial charge in [0.15, 0.2) is 5.13 Å². The van der Waals surface area contributed by atoms with Gasteiger partial charge in [-0.3, -0.25) is 9.59 Å². The highest BCUT2D eigenvalue weighted by molar-refractivity contribution is 7.13. The van der Waals surface area contributed by atoms with Crippen molar-refractivity contribution in [1.82, 2.24) is 10.3 Å². The molecule has 0 radical (unpaired) electrons. The van der Waals surface area contributed by atoms with Crippen LogP contribution in [0.5, 0.6) is 0 Å². The Balaban J connectivity index is 0. The number of nitrogens with one attached hydrogen (secondary N) is 2. The van der Waals surface area contributed by atoms with Gasteiger partial charge in [0.1, 0.15) is 0 Å². The van der Waals surface area contributed by atoms with Crippen LogP contribution in [0.15, 0.2) is 5.38 Å². The van der Waals surface area contributed by atoms with Crippen molar-refractivity contribution in [2.45, 2.75) is 46.6 Å². The van der Waals surface area contributed by atoms with Crippen LogP contribution >= 0.6 is 36.2 Å². The number of hydrogen-bond donors (Lipinski definition) is 3. The van der Waals surface area contributed by atoms with Gasteiger partial charge in [0.25, 0.3) is 0 Å². The van der Waals surface area contributed by atoms with Crippen molar-refractivity contribution in [3.63, 3.8) is 0 Å². The van der Waals surface area contributed by atoms with Crippen LogP contribution in [-0.2, 0) is 16.0 Å². The normalized spacial score (nSPS) is 11.0. The molecule has 1 rings (SSSR count). The Hall–Kier alpha value is -0.890. The maximum Gasteiger partial charge on any atom is 0.231 e. The third-order valence-corrected chi connectivity index (χ3v) is 3.34. The summed E-state index contributed by atoms with van der Waals surface area (Å²) in [6.07, 6.45) is 0.179. The summed E-state index contributed by atoms with van der Waals surface area (Å²) < 4.78 is 0. The molecule has 0 saturated heterocycles. The van der Waals surface area contributed by atoms with Gasteiger partial charge in [0, 0.05) is 22.9 Å². The molecular weight excluding hydrogens is 359 g/mol. The highest BCUT2D eigenvalue weighted by Gasteiger charge is 2.22. The largest absolute Gasteiger partial charge is 0.354 e. The third kappa shape index (κ3) is 9.76. The van der Waals surface area contributed by atoms with E-state index in [0.717, 1.165) is 0 Å². The van der Waals surface area contributed by atoms with E-state index in [0.29, 0.717) is 17.4 Å². The molecule has 1 heterocycles. The van der Waals surface area contributed by atoms with E-state index < -0.39 is 11.0 Å². The number of halogens is 2. The van der Waals surface area contributed by atoms with E-state index in [2.05, 4.69) is 15.6 Å². The monoisotopic (exact) mass is 384 g/mol. The molecule has 0 atom stereocenters. The van der Waals surface area contributed by atoms with E-state index in [1.54, 1.807) is 5.38 Å². The van der Waals surface area contributed by atoms with Crippen molar-refractivity contribution in [3.8, 4) is 0 Å². The van der Waals surface area contributed by atoms with Crippen molar-refractivity contribution in [1.29, 1.82) is 0 Å². The Morgan fingerprint density at radius 3 is 2.26 bits per heavy atom. The highest BCUT2D eigenvalue weighted by Crippen LogP contribution is 2.20. The van der Waals surface area contributed by atoms with Crippen LogP contribution in [0.3, 0.4) is 0 Å². The zero-order valence-electron chi connectivity index (χ0n) is 14.1. The summed E-state index contributed by atoms with van der Waals surface area (Å²) in [6.45, 7) is 9.59. The van der Waals surface area contributed by atoms with E-state index in [-0.39, 0.29) is 43.0 Å². The highest BCUT2D eigenvalue weighted by atomic mass is 35.5. The molecule has 1 aromatic rings. The van der Waals surface area contributed by atoms with E-state index in [1.807, 2.05) is 34.6 Å². The average molecular weight is 385 g/mol.